The highest BCUT2D eigenvalue weighted by Crippen LogP contribution is 2.27. The van der Waals surface area contributed by atoms with E-state index >= 15 is 0 Å². The number of anilines is 1. The van der Waals surface area contributed by atoms with Gasteiger partial charge in [0.1, 0.15) is 4.99 Å². The molecule has 1 rings (SSSR count). The molecule has 0 unspecified atom stereocenters. The highest BCUT2D eigenvalue weighted by molar-refractivity contribution is 7.80. The SMILES string of the molecule is COCCN(CC(C)C)c1ccc(C(N)=S)cc1Cl. The Balaban J connectivity index is 2.97. The zero-order valence-electron chi connectivity index (χ0n) is 11.6. The normalized spacial score (nSPS) is 10.8. The lowest BCUT2D eigenvalue weighted by atomic mass is 10.1. The minimum absolute atomic E-state index is 0.362. The minimum Gasteiger partial charge on any atom is -0.389 e. The largest absolute Gasteiger partial charge is 0.389 e. The third kappa shape index (κ3) is 4.97. The summed E-state index contributed by atoms with van der Waals surface area (Å²) in [7, 11) is 1.70. The van der Waals surface area contributed by atoms with Crippen LogP contribution in [0.15, 0.2) is 18.2 Å². The molecule has 0 aliphatic rings. The zero-order chi connectivity index (χ0) is 14.4. The fraction of sp³-hybridized carbons (Fsp3) is 0.500. The average molecular weight is 301 g/mol. The lowest BCUT2D eigenvalue weighted by Gasteiger charge is -2.27. The first-order valence-electron chi connectivity index (χ1n) is 6.29. The van der Waals surface area contributed by atoms with E-state index in [1.807, 2.05) is 18.2 Å². The van der Waals surface area contributed by atoms with Gasteiger partial charge in [0.15, 0.2) is 0 Å². The molecule has 0 aromatic heterocycles. The van der Waals surface area contributed by atoms with E-state index in [-0.39, 0.29) is 0 Å². The van der Waals surface area contributed by atoms with Gasteiger partial charge >= 0.3 is 0 Å². The van der Waals surface area contributed by atoms with Gasteiger partial charge in [-0.3, -0.25) is 0 Å². The molecule has 3 nitrogen and oxygen atoms in total. The topological polar surface area (TPSA) is 38.5 Å². The maximum Gasteiger partial charge on any atom is 0.104 e. The van der Waals surface area contributed by atoms with Crippen molar-refractivity contribution in [1.82, 2.24) is 0 Å². The summed E-state index contributed by atoms with van der Waals surface area (Å²) < 4.78 is 5.15. The lowest BCUT2D eigenvalue weighted by Crippen LogP contribution is -2.31. The minimum atomic E-state index is 0.362. The summed E-state index contributed by atoms with van der Waals surface area (Å²) >= 11 is 11.3. The summed E-state index contributed by atoms with van der Waals surface area (Å²) in [5.74, 6) is 0.545. The first-order valence-corrected chi connectivity index (χ1v) is 7.07. The van der Waals surface area contributed by atoms with Gasteiger partial charge < -0.3 is 15.4 Å². The van der Waals surface area contributed by atoms with E-state index in [4.69, 9.17) is 34.3 Å². The second-order valence-corrected chi connectivity index (χ2v) is 5.71. The Kier molecular flexibility index (Phi) is 6.55. The Morgan fingerprint density at radius 1 is 1.47 bits per heavy atom. The van der Waals surface area contributed by atoms with Crippen LogP contribution in [-0.2, 0) is 4.74 Å². The summed E-state index contributed by atoms with van der Waals surface area (Å²) in [5, 5.41) is 0.669. The lowest BCUT2D eigenvalue weighted by molar-refractivity contribution is 0.204. The van der Waals surface area contributed by atoms with Gasteiger partial charge in [0.25, 0.3) is 0 Å². The molecule has 0 saturated carbocycles. The van der Waals surface area contributed by atoms with E-state index in [1.54, 1.807) is 7.11 Å². The van der Waals surface area contributed by atoms with Crippen LogP contribution in [0.2, 0.25) is 5.02 Å². The van der Waals surface area contributed by atoms with Crippen molar-refractivity contribution in [3.63, 3.8) is 0 Å². The Morgan fingerprint density at radius 3 is 2.63 bits per heavy atom. The summed E-state index contributed by atoms with van der Waals surface area (Å²) in [6.07, 6.45) is 0. The molecule has 0 fully saturated rings. The standard InChI is InChI=1S/C14H21ClN2OS/c1-10(2)9-17(6-7-18-3)13-5-4-11(14(16)19)8-12(13)15/h4-5,8,10H,6-7,9H2,1-3H3,(H2,16,19). The van der Waals surface area contributed by atoms with Crippen LogP contribution in [0.3, 0.4) is 0 Å². The van der Waals surface area contributed by atoms with Crippen molar-refractivity contribution in [2.45, 2.75) is 13.8 Å². The fourth-order valence-corrected chi connectivity index (χ4v) is 2.30. The van der Waals surface area contributed by atoms with Crippen molar-refractivity contribution in [3.05, 3.63) is 28.8 Å². The molecule has 5 heteroatoms. The van der Waals surface area contributed by atoms with E-state index < -0.39 is 0 Å². The van der Waals surface area contributed by atoms with Gasteiger partial charge in [0.05, 0.1) is 17.3 Å². The number of nitrogens with zero attached hydrogens (tertiary/aromatic N) is 1. The third-order valence-electron chi connectivity index (χ3n) is 2.72. The second-order valence-electron chi connectivity index (χ2n) is 4.86. The van der Waals surface area contributed by atoms with Crippen LogP contribution in [0, 0.1) is 5.92 Å². The number of hydrogen-bond donors (Lipinski definition) is 1. The van der Waals surface area contributed by atoms with Gasteiger partial charge in [-0.05, 0) is 24.1 Å². The fourth-order valence-electron chi connectivity index (χ4n) is 1.87. The van der Waals surface area contributed by atoms with Crippen molar-refractivity contribution in [2.24, 2.45) is 11.7 Å². The molecule has 0 heterocycles. The monoisotopic (exact) mass is 300 g/mol. The molecule has 2 N–H and O–H groups in total. The molecular formula is C14H21ClN2OS. The number of rotatable bonds is 7. The Labute approximate surface area is 125 Å². The van der Waals surface area contributed by atoms with Crippen LogP contribution in [0.5, 0.6) is 0 Å². The Bertz CT molecular complexity index is 437. The second kappa shape index (κ2) is 7.68. The van der Waals surface area contributed by atoms with Crippen molar-refractivity contribution in [3.8, 4) is 0 Å². The van der Waals surface area contributed by atoms with Crippen LogP contribution < -0.4 is 10.6 Å². The van der Waals surface area contributed by atoms with E-state index in [9.17, 15) is 0 Å². The number of methoxy groups -OCH3 is 1. The van der Waals surface area contributed by atoms with E-state index in [0.29, 0.717) is 22.5 Å². The average Bonchev–Trinajstić information content (AvgIpc) is 2.34. The quantitative estimate of drug-likeness (QED) is 0.786. The van der Waals surface area contributed by atoms with Crippen LogP contribution in [-0.4, -0.2) is 31.8 Å². The molecule has 0 bridgehead atoms. The predicted octanol–water partition coefficient (Wildman–Crippen LogP) is 3.08. The number of nitrogens with two attached hydrogens (primary N) is 1. The molecular weight excluding hydrogens is 280 g/mol. The molecule has 1 aromatic carbocycles. The Hall–Kier alpha value is -0.840. The molecule has 1 aromatic rings. The van der Waals surface area contributed by atoms with Crippen molar-refractivity contribution >= 4 is 34.5 Å². The molecule has 0 amide bonds. The molecule has 19 heavy (non-hydrogen) atoms. The van der Waals surface area contributed by atoms with Crippen molar-refractivity contribution in [1.29, 1.82) is 0 Å². The third-order valence-corrected chi connectivity index (χ3v) is 3.26. The molecule has 0 saturated heterocycles. The zero-order valence-corrected chi connectivity index (χ0v) is 13.2. The van der Waals surface area contributed by atoms with Crippen molar-refractivity contribution in [2.75, 3.05) is 31.7 Å². The summed E-state index contributed by atoms with van der Waals surface area (Å²) in [4.78, 5) is 2.58. The van der Waals surface area contributed by atoms with Crippen LogP contribution >= 0.6 is 23.8 Å². The van der Waals surface area contributed by atoms with E-state index in [1.165, 1.54) is 0 Å². The Morgan fingerprint density at radius 2 is 2.16 bits per heavy atom. The van der Waals surface area contributed by atoms with Gasteiger partial charge in [-0.15, -0.1) is 0 Å². The first kappa shape index (κ1) is 16.2. The van der Waals surface area contributed by atoms with Gasteiger partial charge in [-0.1, -0.05) is 37.7 Å². The summed E-state index contributed by atoms with van der Waals surface area (Å²) in [6.45, 7) is 6.75. The number of halogens is 1. The summed E-state index contributed by atoms with van der Waals surface area (Å²) in [5.41, 5.74) is 7.39. The van der Waals surface area contributed by atoms with E-state index in [0.717, 1.165) is 24.3 Å². The van der Waals surface area contributed by atoms with Crippen LogP contribution in [0.25, 0.3) is 0 Å². The predicted molar refractivity (Wildman–Crippen MR) is 86.3 cm³/mol. The molecule has 0 atom stereocenters. The van der Waals surface area contributed by atoms with Crippen LogP contribution in [0.1, 0.15) is 19.4 Å². The number of ether oxygens (including phenoxy) is 1. The molecule has 0 spiro atoms. The molecule has 0 aliphatic heterocycles. The van der Waals surface area contributed by atoms with Crippen LogP contribution in [0.4, 0.5) is 5.69 Å². The van der Waals surface area contributed by atoms with Gasteiger partial charge in [0.2, 0.25) is 0 Å². The maximum atomic E-state index is 6.33. The number of thiocarbonyl (C=S) groups is 1. The van der Waals surface area contributed by atoms with E-state index in [2.05, 4.69) is 18.7 Å². The van der Waals surface area contributed by atoms with Crippen molar-refractivity contribution < 1.29 is 4.74 Å². The highest BCUT2D eigenvalue weighted by atomic mass is 35.5. The summed E-state index contributed by atoms with van der Waals surface area (Å²) in [6, 6.07) is 5.69. The van der Waals surface area contributed by atoms with Gasteiger partial charge in [0, 0.05) is 25.8 Å². The smallest absolute Gasteiger partial charge is 0.104 e. The van der Waals surface area contributed by atoms with Gasteiger partial charge in [-0.2, -0.15) is 0 Å². The molecule has 0 radical (unpaired) electrons. The van der Waals surface area contributed by atoms with Gasteiger partial charge in [-0.25, -0.2) is 0 Å². The first-order chi connectivity index (χ1) is 8.95. The number of benzene rings is 1. The highest BCUT2D eigenvalue weighted by Gasteiger charge is 2.13. The maximum absolute atomic E-state index is 6.33. The molecule has 106 valence electrons. The number of hydrogen-bond acceptors (Lipinski definition) is 3. The molecule has 0 aliphatic carbocycles.